The van der Waals surface area contributed by atoms with Crippen LogP contribution in [-0.2, 0) is 20.4 Å². The summed E-state index contributed by atoms with van der Waals surface area (Å²) >= 11 is 0. The molecule has 1 aromatic carbocycles. The molecule has 1 rings (SSSR count). The van der Waals surface area contributed by atoms with Crippen LogP contribution < -0.4 is 5.32 Å². The van der Waals surface area contributed by atoms with Gasteiger partial charge in [-0.2, -0.15) is 0 Å². The predicted octanol–water partition coefficient (Wildman–Crippen LogP) is 2.21. The summed E-state index contributed by atoms with van der Waals surface area (Å²) in [6.45, 7) is 8.85. The highest BCUT2D eigenvalue weighted by Gasteiger charge is 2.30. The summed E-state index contributed by atoms with van der Waals surface area (Å²) in [5, 5.41) is 1.65. The van der Waals surface area contributed by atoms with Gasteiger partial charge >= 0.3 is 0 Å². The molecule has 0 bridgehead atoms. The molecule has 20 heavy (non-hydrogen) atoms. The molecule has 5 heteroatoms. The highest BCUT2D eigenvalue weighted by Crippen LogP contribution is 2.13. The molecular formula is C15H23NO3S. The van der Waals surface area contributed by atoms with Gasteiger partial charge in [0.15, 0.2) is 9.84 Å². The number of benzene rings is 1. The first kappa shape index (κ1) is 16.7. The molecule has 112 valence electrons. The molecule has 1 N–H and O–H groups in total. The average Bonchev–Trinajstić information content (AvgIpc) is 2.28. The van der Waals surface area contributed by atoms with Crippen molar-refractivity contribution in [2.45, 2.75) is 51.2 Å². The number of aryl methyl sites for hydroxylation is 1. The van der Waals surface area contributed by atoms with E-state index in [9.17, 15) is 13.2 Å². The number of carbonyl (C=O) groups excluding carboxylic acids is 1. The smallest absolute Gasteiger partial charge is 0.238 e. The van der Waals surface area contributed by atoms with Crippen LogP contribution in [0.3, 0.4) is 0 Å². The molecule has 1 atom stereocenters. The fourth-order valence-electron chi connectivity index (χ4n) is 1.68. The Kier molecular flexibility index (Phi) is 4.97. The van der Waals surface area contributed by atoms with Crippen molar-refractivity contribution >= 4 is 15.7 Å². The predicted molar refractivity (Wildman–Crippen MR) is 81.2 cm³/mol. The Labute approximate surface area is 121 Å². The van der Waals surface area contributed by atoms with Gasteiger partial charge in [0, 0.05) is 5.54 Å². The second kappa shape index (κ2) is 5.95. The lowest BCUT2D eigenvalue weighted by atomic mass is 10.1. The third kappa shape index (κ3) is 4.96. The fourth-order valence-corrected chi connectivity index (χ4v) is 2.97. The van der Waals surface area contributed by atoms with Crippen LogP contribution in [0.4, 0.5) is 0 Å². The average molecular weight is 297 g/mol. The zero-order valence-electron chi connectivity index (χ0n) is 12.7. The maximum absolute atomic E-state index is 12.3. The van der Waals surface area contributed by atoms with Crippen molar-refractivity contribution in [3.8, 4) is 0 Å². The van der Waals surface area contributed by atoms with Gasteiger partial charge in [-0.25, -0.2) is 8.42 Å². The molecule has 0 heterocycles. The quantitative estimate of drug-likeness (QED) is 0.927. The summed E-state index contributed by atoms with van der Waals surface area (Å²) in [7, 11) is -3.51. The number of rotatable bonds is 4. The van der Waals surface area contributed by atoms with Gasteiger partial charge in [-0.3, -0.25) is 4.79 Å². The SMILES string of the molecule is Cc1ccc(CS(=O)(=O)C(C)C(=O)NC(C)(C)C)cc1. The zero-order valence-corrected chi connectivity index (χ0v) is 13.5. The second-order valence-electron chi connectivity index (χ2n) is 6.17. The van der Waals surface area contributed by atoms with Crippen molar-refractivity contribution in [3.63, 3.8) is 0 Å². The van der Waals surface area contributed by atoms with Gasteiger partial charge in [0.1, 0.15) is 5.25 Å². The summed E-state index contributed by atoms with van der Waals surface area (Å²) in [6, 6.07) is 7.29. The molecule has 4 nitrogen and oxygen atoms in total. The lowest BCUT2D eigenvalue weighted by molar-refractivity contribution is -0.121. The topological polar surface area (TPSA) is 63.2 Å². The highest BCUT2D eigenvalue weighted by atomic mass is 32.2. The van der Waals surface area contributed by atoms with Crippen molar-refractivity contribution in [2.24, 2.45) is 0 Å². The number of sulfone groups is 1. The molecule has 1 aromatic rings. The van der Waals surface area contributed by atoms with E-state index in [0.717, 1.165) is 5.56 Å². The number of nitrogens with one attached hydrogen (secondary N) is 1. The van der Waals surface area contributed by atoms with Gasteiger partial charge in [0.25, 0.3) is 0 Å². The van der Waals surface area contributed by atoms with Crippen molar-refractivity contribution in [1.29, 1.82) is 0 Å². The van der Waals surface area contributed by atoms with Crippen molar-refractivity contribution in [1.82, 2.24) is 5.32 Å². The Morgan fingerprint density at radius 2 is 1.70 bits per heavy atom. The lowest BCUT2D eigenvalue weighted by Gasteiger charge is -2.23. The molecule has 0 fully saturated rings. The van der Waals surface area contributed by atoms with Crippen molar-refractivity contribution in [2.75, 3.05) is 0 Å². The van der Waals surface area contributed by atoms with Gasteiger partial charge < -0.3 is 5.32 Å². The van der Waals surface area contributed by atoms with Crippen molar-refractivity contribution < 1.29 is 13.2 Å². The molecule has 0 saturated heterocycles. The van der Waals surface area contributed by atoms with E-state index in [4.69, 9.17) is 0 Å². The molecule has 0 spiro atoms. The minimum atomic E-state index is -3.51. The van der Waals surface area contributed by atoms with E-state index < -0.39 is 26.5 Å². The monoisotopic (exact) mass is 297 g/mol. The van der Waals surface area contributed by atoms with E-state index in [-0.39, 0.29) is 5.75 Å². The molecule has 0 radical (unpaired) electrons. The van der Waals surface area contributed by atoms with Gasteiger partial charge in [-0.15, -0.1) is 0 Å². The minimum Gasteiger partial charge on any atom is -0.350 e. The molecule has 0 saturated carbocycles. The highest BCUT2D eigenvalue weighted by molar-refractivity contribution is 7.92. The molecule has 0 aromatic heterocycles. The van der Waals surface area contributed by atoms with E-state index in [1.165, 1.54) is 6.92 Å². The van der Waals surface area contributed by atoms with Crippen LogP contribution in [0.2, 0.25) is 0 Å². The first-order valence-electron chi connectivity index (χ1n) is 6.60. The maximum atomic E-state index is 12.3. The van der Waals surface area contributed by atoms with Crippen LogP contribution in [0.25, 0.3) is 0 Å². The molecular weight excluding hydrogens is 274 g/mol. The number of amides is 1. The van der Waals surface area contributed by atoms with Crippen LogP contribution in [0, 0.1) is 6.92 Å². The molecule has 0 aliphatic heterocycles. The number of hydrogen-bond acceptors (Lipinski definition) is 3. The van der Waals surface area contributed by atoms with Gasteiger partial charge in [0.05, 0.1) is 5.75 Å². The van der Waals surface area contributed by atoms with Crippen LogP contribution in [-0.4, -0.2) is 25.1 Å². The molecule has 1 unspecified atom stereocenters. The first-order valence-corrected chi connectivity index (χ1v) is 8.32. The van der Waals surface area contributed by atoms with Gasteiger partial charge in [0.2, 0.25) is 5.91 Å². The largest absolute Gasteiger partial charge is 0.350 e. The third-order valence-electron chi connectivity index (χ3n) is 2.89. The summed E-state index contributed by atoms with van der Waals surface area (Å²) in [6.07, 6.45) is 0. The summed E-state index contributed by atoms with van der Waals surface area (Å²) in [5.74, 6) is -0.573. The van der Waals surface area contributed by atoms with E-state index in [1.807, 2.05) is 39.8 Å². The summed E-state index contributed by atoms with van der Waals surface area (Å²) in [5.41, 5.74) is 1.33. The third-order valence-corrected chi connectivity index (χ3v) is 4.92. The normalized spacial score (nSPS) is 13.8. The van der Waals surface area contributed by atoms with E-state index in [1.54, 1.807) is 12.1 Å². The lowest BCUT2D eigenvalue weighted by Crippen LogP contribution is -2.47. The minimum absolute atomic E-state index is 0.119. The number of carbonyl (C=O) groups is 1. The Hall–Kier alpha value is -1.36. The zero-order chi connectivity index (χ0) is 15.6. The van der Waals surface area contributed by atoms with Crippen LogP contribution in [0.15, 0.2) is 24.3 Å². The second-order valence-corrected chi connectivity index (χ2v) is 8.50. The summed E-state index contributed by atoms with van der Waals surface area (Å²) in [4.78, 5) is 12.0. The van der Waals surface area contributed by atoms with Crippen molar-refractivity contribution in [3.05, 3.63) is 35.4 Å². The molecule has 0 aliphatic rings. The Morgan fingerprint density at radius 3 is 2.15 bits per heavy atom. The van der Waals surface area contributed by atoms with Crippen LogP contribution in [0.5, 0.6) is 0 Å². The van der Waals surface area contributed by atoms with E-state index in [0.29, 0.717) is 5.56 Å². The summed E-state index contributed by atoms with van der Waals surface area (Å²) < 4.78 is 24.5. The maximum Gasteiger partial charge on any atom is 0.238 e. The molecule has 1 amide bonds. The van der Waals surface area contributed by atoms with Gasteiger partial charge in [-0.1, -0.05) is 29.8 Å². The van der Waals surface area contributed by atoms with E-state index in [2.05, 4.69) is 5.32 Å². The van der Waals surface area contributed by atoms with Crippen LogP contribution in [0.1, 0.15) is 38.8 Å². The standard InChI is InChI=1S/C15H23NO3S/c1-11-6-8-13(9-7-11)10-20(18,19)12(2)14(17)16-15(3,4)5/h6-9,12H,10H2,1-5H3,(H,16,17). The van der Waals surface area contributed by atoms with E-state index >= 15 is 0 Å². The Morgan fingerprint density at radius 1 is 1.20 bits per heavy atom. The number of hydrogen-bond donors (Lipinski definition) is 1. The Bertz CT molecular complexity index is 568. The fraction of sp³-hybridized carbons (Fsp3) is 0.533. The van der Waals surface area contributed by atoms with Crippen LogP contribution >= 0.6 is 0 Å². The first-order chi connectivity index (χ1) is 9.01. The molecule has 0 aliphatic carbocycles. The van der Waals surface area contributed by atoms with Gasteiger partial charge in [-0.05, 0) is 40.2 Å². The Balaban J connectivity index is 2.82.